The van der Waals surface area contributed by atoms with Gasteiger partial charge < -0.3 is 10.2 Å². The van der Waals surface area contributed by atoms with Gasteiger partial charge in [0.2, 0.25) is 0 Å². The van der Waals surface area contributed by atoms with Crippen molar-refractivity contribution < 1.29 is 4.79 Å². The molecule has 0 saturated carbocycles. The Balaban J connectivity index is 1.56. The normalized spacial score (nSPS) is 15.4. The lowest BCUT2D eigenvalue weighted by molar-refractivity contribution is 0.0951. The standard InChI is InChI=1S/C17H21N3OS/c21-17(15-7-10-22-13-15)19-12-14-5-6-16(18-11-14)20-8-3-1-2-4-9-20/h5-7,10-11,13H,1-4,8-9,12H2,(H,19,21). The first-order valence-corrected chi connectivity index (χ1v) is 8.77. The van der Waals surface area contributed by atoms with Gasteiger partial charge in [0.05, 0.1) is 0 Å². The maximum absolute atomic E-state index is 11.9. The summed E-state index contributed by atoms with van der Waals surface area (Å²) in [7, 11) is 0. The van der Waals surface area contributed by atoms with Gasteiger partial charge in [-0.15, -0.1) is 0 Å². The van der Waals surface area contributed by atoms with E-state index in [4.69, 9.17) is 0 Å². The molecule has 0 spiro atoms. The Hall–Kier alpha value is -1.88. The Labute approximate surface area is 135 Å². The van der Waals surface area contributed by atoms with E-state index in [2.05, 4.69) is 27.3 Å². The number of amides is 1. The van der Waals surface area contributed by atoms with E-state index in [0.29, 0.717) is 6.54 Å². The third kappa shape index (κ3) is 3.85. The highest BCUT2D eigenvalue weighted by Gasteiger charge is 2.11. The largest absolute Gasteiger partial charge is 0.357 e. The number of hydrogen-bond donors (Lipinski definition) is 1. The van der Waals surface area contributed by atoms with Crippen LogP contribution in [0.5, 0.6) is 0 Å². The number of anilines is 1. The number of nitrogens with one attached hydrogen (secondary N) is 1. The second-order valence-electron chi connectivity index (χ2n) is 5.62. The van der Waals surface area contributed by atoms with E-state index >= 15 is 0 Å². The predicted molar refractivity (Wildman–Crippen MR) is 90.4 cm³/mol. The number of rotatable bonds is 4. The Morgan fingerprint density at radius 2 is 2.00 bits per heavy atom. The molecule has 4 nitrogen and oxygen atoms in total. The van der Waals surface area contributed by atoms with E-state index in [9.17, 15) is 4.79 Å². The van der Waals surface area contributed by atoms with Crippen LogP contribution in [0.4, 0.5) is 5.82 Å². The van der Waals surface area contributed by atoms with Gasteiger partial charge in [-0.3, -0.25) is 4.79 Å². The predicted octanol–water partition coefficient (Wildman–Crippen LogP) is 3.45. The summed E-state index contributed by atoms with van der Waals surface area (Å²) in [5.74, 6) is 1.02. The minimum atomic E-state index is -0.0298. The Morgan fingerprint density at radius 1 is 1.18 bits per heavy atom. The van der Waals surface area contributed by atoms with Gasteiger partial charge in [0.1, 0.15) is 5.82 Å². The van der Waals surface area contributed by atoms with Gasteiger partial charge in [0.15, 0.2) is 0 Å². The van der Waals surface area contributed by atoms with Crippen LogP contribution >= 0.6 is 11.3 Å². The first-order chi connectivity index (χ1) is 10.8. The summed E-state index contributed by atoms with van der Waals surface area (Å²) >= 11 is 1.53. The van der Waals surface area contributed by atoms with Crippen molar-refractivity contribution in [3.05, 3.63) is 46.3 Å². The third-order valence-electron chi connectivity index (χ3n) is 3.98. The van der Waals surface area contributed by atoms with Gasteiger partial charge in [-0.2, -0.15) is 11.3 Å². The molecule has 0 unspecified atom stereocenters. The first kappa shape index (κ1) is 15.0. The summed E-state index contributed by atoms with van der Waals surface area (Å²) < 4.78 is 0. The molecule has 0 aliphatic carbocycles. The molecule has 2 aromatic heterocycles. The molecule has 2 aromatic rings. The highest BCUT2D eigenvalue weighted by molar-refractivity contribution is 7.08. The molecule has 1 saturated heterocycles. The van der Waals surface area contributed by atoms with Crippen molar-refractivity contribution in [3.63, 3.8) is 0 Å². The van der Waals surface area contributed by atoms with Gasteiger partial charge in [-0.05, 0) is 35.9 Å². The van der Waals surface area contributed by atoms with Crippen LogP contribution in [-0.2, 0) is 6.54 Å². The molecule has 0 atom stereocenters. The maximum Gasteiger partial charge on any atom is 0.252 e. The number of carbonyl (C=O) groups excluding carboxylic acids is 1. The topological polar surface area (TPSA) is 45.2 Å². The van der Waals surface area contributed by atoms with Gasteiger partial charge in [-0.25, -0.2) is 4.98 Å². The lowest BCUT2D eigenvalue weighted by Gasteiger charge is -2.21. The van der Waals surface area contributed by atoms with E-state index < -0.39 is 0 Å². The number of aromatic nitrogens is 1. The summed E-state index contributed by atoms with van der Waals surface area (Å²) in [6.45, 7) is 2.71. The van der Waals surface area contributed by atoms with Crippen molar-refractivity contribution in [2.75, 3.05) is 18.0 Å². The van der Waals surface area contributed by atoms with Crippen LogP contribution in [0, 0.1) is 0 Å². The van der Waals surface area contributed by atoms with Crippen molar-refractivity contribution in [3.8, 4) is 0 Å². The van der Waals surface area contributed by atoms with Gasteiger partial charge in [0.25, 0.3) is 5.91 Å². The van der Waals surface area contributed by atoms with Crippen molar-refractivity contribution in [2.45, 2.75) is 32.2 Å². The van der Waals surface area contributed by atoms with Crippen molar-refractivity contribution in [2.24, 2.45) is 0 Å². The Bertz CT molecular complexity index is 587. The van der Waals surface area contributed by atoms with E-state index in [-0.39, 0.29) is 5.91 Å². The molecular weight excluding hydrogens is 294 g/mol. The summed E-state index contributed by atoms with van der Waals surface area (Å²) in [6.07, 6.45) is 7.01. The van der Waals surface area contributed by atoms with Gasteiger partial charge in [-0.1, -0.05) is 18.9 Å². The van der Waals surface area contributed by atoms with Crippen LogP contribution in [0.1, 0.15) is 41.6 Å². The summed E-state index contributed by atoms with van der Waals surface area (Å²) in [4.78, 5) is 18.8. The molecule has 3 heterocycles. The van der Waals surface area contributed by atoms with Crippen LogP contribution in [0.3, 0.4) is 0 Å². The minimum absolute atomic E-state index is 0.0298. The van der Waals surface area contributed by atoms with E-state index in [1.807, 2.05) is 23.0 Å². The molecule has 3 rings (SSSR count). The molecule has 1 aliphatic rings. The second kappa shape index (κ2) is 7.40. The summed E-state index contributed by atoms with van der Waals surface area (Å²) in [6, 6.07) is 5.96. The number of thiophene rings is 1. The molecule has 1 aliphatic heterocycles. The molecular formula is C17H21N3OS. The van der Waals surface area contributed by atoms with Crippen LogP contribution in [0.25, 0.3) is 0 Å². The number of nitrogens with zero attached hydrogens (tertiary/aromatic N) is 2. The van der Waals surface area contributed by atoms with Crippen molar-refractivity contribution in [1.82, 2.24) is 10.3 Å². The first-order valence-electron chi connectivity index (χ1n) is 7.83. The molecule has 116 valence electrons. The SMILES string of the molecule is O=C(NCc1ccc(N2CCCCCC2)nc1)c1ccsc1. The molecule has 0 aromatic carbocycles. The van der Waals surface area contributed by atoms with E-state index in [0.717, 1.165) is 30.0 Å². The highest BCUT2D eigenvalue weighted by atomic mass is 32.1. The smallest absolute Gasteiger partial charge is 0.252 e. The monoisotopic (exact) mass is 315 g/mol. The van der Waals surface area contributed by atoms with Gasteiger partial charge in [0, 0.05) is 36.8 Å². The fourth-order valence-corrected chi connectivity index (χ4v) is 3.32. The number of carbonyl (C=O) groups is 1. The van der Waals surface area contributed by atoms with Crippen LogP contribution in [0.15, 0.2) is 35.2 Å². The minimum Gasteiger partial charge on any atom is -0.357 e. The lowest BCUT2D eigenvalue weighted by Crippen LogP contribution is -2.25. The quantitative estimate of drug-likeness (QED) is 0.940. The zero-order chi connectivity index (χ0) is 15.2. The zero-order valence-corrected chi connectivity index (χ0v) is 13.4. The maximum atomic E-state index is 11.9. The fourth-order valence-electron chi connectivity index (χ4n) is 2.69. The van der Waals surface area contributed by atoms with Gasteiger partial charge >= 0.3 is 0 Å². The van der Waals surface area contributed by atoms with Crippen molar-refractivity contribution >= 4 is 23.1 Å². The molecule has 1 N–H and O–H groups in total. The van der Waals surface area contributed by atoms with E-state index in [1.54, 1.807) is 0 Å². The molecule has 5 heteroatoms. The molecule has 0 bridgehead atoms. The number of hydrogen-bond acceptors (Lipinski definition) is 4. The fraction of sp³-hybridized carbons (Fsp3) is 0.412. The van der Waals surface area contributed by atoms with Crippen LogP contribution in [0.2, 0.25) is 0 Å². The summed E-state index contributed by atoms with van der Waals surface area (Å²) in [5.41, 5.74) is 1.75. The average Bonchev–Trinajstić information content (AvgIpc) is 2.96. The zero-order valence-electron chi connectivity index (χ0n) is 12.6. The second-order valence-corrected chi connectivity index (χ2v) is 6.40. The highest BCUT2D eigenvalue weighted by Crippen LogP contribution is 2.17. The van der Waals surface area contributed by atoms with Crippen LogP contribution in [-0.4, -0.2) is 24.0 Å². The Kier molecular flexibility index (Phi) is 5.06. The van der Waals surface area contributed by atoms with Crippen LogP contribution < -0.4 is 10.2 Å². The lowest BCUT2D eigenvalue weighted by atomic mass is 10.2. The third-order valence-corrected chi connectivity index (χ3v) is 4.66. The number of pyridine rings is 1. The average molecular weight is 315 g/mol. The van der Waals surface area contributed by atoms with E-state index in [1.165, 1.54) is 37.0 Å². The molecule has 22 heavy (non-hydrogen) atoms. The van der Waals surface area contributed by atoms with Crippen molar-refractivity contribution in [1.29, 1.82) is 0 Å². The molecule has 1 fully saturated rings. The summed E-state index contributed by atoms with van der Waals surface area (Å²) in [5, 5.41) is 6.69. The molecule has 1 amide bonds. The Morgan fingerprint density at radius 3 is 2.64 bits per heavy atom. The molecule has 0 radical (unpaired) electrons.